The maximum Gasteiger partial charge on any atom is 0.257 e. The number of anilines is 1. The molecule has 0 aromatic heterocycles. The molecule has 2 atom stereocenters. The van der Waals surface area contributed by atoms with Crippen molar-refractivity contribution in [2.75, 3.05) is 17.7 Å². The Labute approximate surface area is 102 Å². The van der Waals surface area contributed by atoms with Gasteiger partial charge in [-0.1, -0.05) is 6.07 Å². The largest absolute Gasteiger partial charge is 0.394 e. The molecule has 1 aromatic carbocycles. The average molecular weight is 255 g/mol. The number of hydrogen-bond acceptors (Lipinski definition) is 5. The summed E-state index contributed by atoms with van der Waals surface area (Å²) in [5.74, 6) is -0.0382. The van der Waals surface area contributed by atoms with E-state index in [4.69, 9.17) is 5.11 Å². The van der Waals surface area contributed by atoms with E-state index in [1.165, 1.54) is 11.8 Å². The van der Waals surface area contributed by atoms with Gasteiger partial charge in [-0.15, -0.1) is 11.8 Å². The van der Waals surface area contributed by atoms with Gasteiger partial charge in [-0.3, -0.25) is 4.79 Å². The Kier molecular flexibility index (Phi) is 3.68. The number of rotatable bonds is 4. The number of carbonyl (C=O) groups is 1. The molecule has 1 aromatic rings. The van der Waals surface area contributed by atoms with E-state index >= 15 is 0 Å². The number of aliphatic hydroxyl groups excluding tert-OH is 3. The maximum atomic E-state index is 11.2. The molecular weight excluding hydrogens is 242 g/mol. The molecule has 0 aliphatic carbocycles. The van der Waals surface area contributed by atoms with E-state index in [0.717, 1.165) is 4.90 Å². The zero-order chi connectivity index (χ0) is 12.4. The number of carbonyl (C=O) groups excluding carboxylic acids is 1. The van der Waals surface area contributed by atoms with Gasteiger partial charge in [-0.25, -0.2) is 0 Å². The molecule has 5 nitrogen and oxygen atoms in total. The quantitative estimate of drug-likeness (QED) is 0.574. The Morgan fingerprint density at radius 2 is 2.24 bits per heavy atom. The van der Waals surface area contributed by atoms with Crippen molar-refractivity contribution in [1.82, 2.24) is 0 Å². The number of hydrogen-bond donors (Lipinski definition) is 4. The molecule has 17 heavy (non-hydrogen) atoms. The van der Waals surface area contributed by atoms with Crippen molar-refractivity contribution in [1.29, 1.82) is 0 Å². The van der Waals surface area contributed by atoms with Gasteiger partial charge in [-0.2, -0.15) is 0 Å². The molecule has 0 bridgehead atoms. The van der Waals surface area contributed by atoms with E-state index in [2.05, 4.69) is 5.32 Å². The minimum Gasteiger partial charge on any atom is -0.394 e. The zero-order valence-electron chi connectivity index (χ0n) is 8.96. The van der Waals surface area contributed by atoms with Crippen molar-refractivity contribution >= 4 is 23.4 Å². The first kappa shape index (κ1) is 12.4. The number of benzene rings is 1. The first-order valence-corrected chi connectivity index (χ1v) is 6.15. The van der Waals surface area contributed by atoms with Crippen molar-refractivity contribution in [2.45, 2.75) is 17.1 Å². The van der Waals surface area contributed by atoms with Crippen molar-refractivity contribution in [3.8, 4) is 0 Å². The maximum absolute atomic E-state index is 11.2. The summed E-state index contributed by atoms with van der Waals surface area (Å²) in [6, 6.07) is 5.21. The second-order valence-electron chi connectivity index (χ2n) is 3.79. The lowest BCUT2D eigenvalue weighted by molar-refractivity contribution is -0.123. The molecule has 2 unspecified atom stereocenters. The monoisotopic (exact) mass is 255 g/mol. The highest BCUT2D eigenvalue weighted by atomic mass is 32.2. The van der Waals surface area contributed by atoms with Gasteiger partial charge in [-0.05, 0) is 12.1 Å². The van der Waals surface area contributed by atoms with Crippen LogP contribution < -0.4 is 5.32 Å². The molecule has 0 spiro atoms. The molecule has 1 aliphatic rings. The van der Waals surface area contributed by atoms with Crippen LogP contribution in [0.25, 0.3) is 0 Å². The SMILES string of the molecule is O=C1Nc2cc(SCC(O)CO)ccc2C1O. The van der Waals surface area contributed by atoms with Crippen LogP contribution in [0.15, 0.2) is 23.1 Å². The van der Waals surface area contributed by atoms with Crippen LogP contribution in [0.5, 0.6) is 0 Å². The Balaban J connectivity index is 2.08. The molecule has 92 valence electrons. The summed E-state index contributed by atoms with van der Waals surface area (Å²) in [4.78, 5) is 12.1. The van der Waals surface area contributed by atoms with E-state index in [1.807, 2.05) is 0 Å². The number of thioether (sulfide) groups is 1. The van der Waals surface area contributed by atoms with Gasteiger partial charge in [0.05, 0.1) is 12.7 Å². The number of nitrogens with one attached hydrogen (secondary N) is 1. The molecule has 6 heteroatoms. The zero-order valence-corrected chi connectivity index (χ0v) is 9.78. The van der Waals surface area contributed by atoms with Crippen molar-refractivity contribution < 1.29 is 20.1 Å². The fraction of sp³-hybridized carbons (Fsp3) is 0.364. The van der Waals surface area contributed by atoms with Crippen LogP contribution in [0.1, 0.15) is 11.7 Å². The Bertz CT molecular complexity index is 437. The van der Waals surface area contributed by atoms with Gasteiger partial charge in [0.1, 0.15) is 0 Å². The normalized spacial score (nSPS) is 19.9. The fourth-order valence-corrected chi connectivity index (χ4v) is 2.42. The summed E-state index contributed by atoms with van der Waals surface area (Å²) < 4.78 is 0. The third-order valence-corrected chi connectivity index (χ3v) is 3.62. The second-order valence-corrected chi connectivity index (χ2v) is 4.88. The summed E-state index contributed by atoms with van der Waals surface area (Å²) >= 11 is 1.38. The Morgan fingerprint density at radius 3 is 2.94 bits per heavy atom. The first-order valence-electron chi connectivity index (χ1n) is 5.16. The van der Waals surface area contributed by atoms with E-state index < -0.39 is 18.1 Å². The summed E-state index contributed by atoms with van der Waals surface area (Å²) in [6.45, 7) is -0.270. The smallest absolute Gasteiger partial charge is 0.257 e. The topological polar surface area (TPSA) is 89.8 Å². The molecular formula is C11H13NO4S. The first-order chi connectivity index (χ1) is 8.11. The van der Waals surface area contributed by atoms with Crippen LogP contribution in [0.4, 0.5) is 5.69 Å². The lowest BCUT2D eigenvalue weighted by atomic mass is 10.1. The number of amides is 1. The summed E-state index contributed by atoms with van der Waals surface area (Å²) in [7, 11) is 0. The molecule has 2 rings (SSSR count). The van der Waals surface area contributed by atoms with Crippen LogP contribution in [-0.2, 0) is 4.79 Å². The molecule has 4 N–H and O–H groups in total. The van der Waals surface area contributed by atoms with Gasteiger partial charge in [0.15, 0.2) is 6.10 Å². The summed E-state index contributed by atoms with van der Waals surface area (Å²) in [6.07, 6.45) is -1.85. The lowest BCUT2D eigenvalue weighted by Crippen LogP contribution is -2.14. The predicted molar refractivity (Wildman–Crippen MR) is 63.8 cm³/mol. The Hall–Kier alpha value is -1.08. The van der Waals surface area contributed by atoms with Crippen molar-refractivity contribution in [3.63, 3.8) is 0 Å². The van der Waals surface area contributed by atoms with Gasteiger partial charge < -0.3 is 20.6 Å². The molecule has 1 amide bonds. The standard InChI is InChI=1S/C11H13NO4S/c13-4-6(14)5-17-7-1-2-8-9(3-7)12-11(16)10(8)15/h1-3,6,10,13-15H,4-5H2,(H,12,16). The van der Waals surface area contributed by atoms with Crippen molar-refractivity contribution in [3.05, 3.63) is 23.8 Å². The third-order valence-electron chi connectivity index (χ3n) is 2.48. The van der Waals surface area contributed by atoms with E-state index in [1.54, 1.807) is 18.2 Å². The van der Waals surface area contributed by atoms with Gasteiger partial charge in [0, 0.05) is 21.9 Å². The Morgan fingerprint density at radius 1 is 1.47 bits per heavy atom. The van der Waals surface area contributed by atoms with Crippen molar-refractivity contribution in [2.24, 2.45) is 0 Å². The number of aliphatic hydroxyl groups is 3. The van der Waals surface area contributed by atoms with Gasteiger partial charge in [0.25, 0.3) is 5.91 Å². The molecule has 0 radical (unpaired) electrons. The second kappa shape index (κ2) is 5.05. The van der Waals surface area contributed by atoms with Crippen LogP contribution in [0.3, 0.4) is 0 Å². The summed E-state index contributed by atoms with van der Waals surface area (Å²) in [5.41, 5.74) is 1.17. The van der Waals surface area contributed by atoms with E-state index in [9.17, 15) is 15.0 Å². The highest BCUT2D eigenvalue weighted by molar-refractivity contribution is 7.99. The average Bonchev–Trinajstić information content (AvgIpc) is 2.62. The fourth-order valence-electron chi connectivity index (χ4n) is 1.56. The van der Waals surface area contributed by atoms with Crippen LogP contribution >= 0.6 is 11.8 Å². The lowest BCUT2D eigenvalue weighted by Gasteiger charge is -2.08. The third kappa shape index (κ3) is 2.61. The molecule has 0 fully saturated rings. The van der Waals surface area contributed by atoms with E-state index in [-0.39, 0.29) is 6.61 Å². The van der Waals surface area contributed by atoms with Crippen LogP contribution in [-0.4, -0.2) is 39.7 Å². The van der Waals surface area contributed by atoms with Gasteiger partial charge >= 0.3 is 0 Å². The van der Waals surface area contributed by atoms with Gasteiger partial charge in [0.2, 0.25) is 0 Å². The molecule has 0 saturated carbocycles. The minimum atomic E-state index is -1.09. The highest BCUT2D eigenvalue weighted by Gasteiger charge is 2.28. The molecule has 1 heterocycles. The van der Waals surface area contributed by atoms with Crippen LogP contribution in [0.2, 0.25) is 0 Å². The van der Waals surface area contributed by atoms with Crippen LogP contribution in [0, 0.1) is 0 Å². The highest BCUT2D eigenvalue weighted by Crippen LogP contribution is 2.34. The molecule has 1 aliphatic heterocycles. The summed E-state index contributed by atoms with van der Waals surface area (Å²) in [5, 5.41) is 30.0. The number of fused-ring (bicyclic) bond motifs is 1. The van der Waals surface area contributed by atoms with E-state index in [0.29, 0.717) is 17.0 Å². The molecule has 0 saturated heterocycles. The predicted octanol–water partition coefficient (Wildman–Crippen LogP) is 0.117. The minimum absolute atomic E-state index is 0.270.